The molecule has 3 aromatic rings. The standard InChI is InChI=1S/C13H8FIN2O2S/c14-11-8-16-7-9-6-12(15)17(13(9)11)20(18,19)10-4-2-1-3-5-10/h1-8H. The van der Waals surface area contributed by atoms with Crippen LogP contribution in [0, 0.1) is 9.52 Å². The molecule has 102 valence electrons. The summed E-state index contributed by atoms with van der Waals surface area (Å²) in [4.78, 5) is 3.85. The van der Waals surface area contributed by atoms with E-state index in [9.17, 15) is 12.8 Å². The van der Waals surface area contributed by atoms with Gasteiger partial charge in [0.25, 0.3) is 10.0 Å². The highest BCUT2D eigenvalue weighted by atomic mass is 127. The molecule has 3 rings (SSSR count). The fourth-order valence-electron chi connectivity index (χ4n) is 1.99. The summed E-state index contributed by atoms with van der Waals surface area (Å²) in [5.74, 6) is -0.662. The summed E-state index contributed by atoms with van der Waals surface area (Å²) in [5.41, 5.74) is 0.0215. The molecule has 0 bridgehead atoms. The van der Waals surface area contributed by atoms with Gasteiger partial charge < -0.3 is 0 Å². The topological polar surface area (TPSA) is 52.0 Å². The largest absolute Gasteiger partial charge is 0.269 e. The molecule has 2 aromatic heterocycles. The Hall–Kier alpha value is -1.48. The van der Waals surface area contributed by atoms with Gasteiger partial charge in [-0.05, 0) is 40.8 Å². The molecule has 20 heavy (non-hydrogen) atoms. The van der Waals surface area contributed by atoms with Crippen molar-refractivity contribution < 1.29 is 12.8 Å². The maximum Gasteiger partial charge on any atom is 0.269 e. The smallest absolute Gasteiger partial charge is 0.261 e. The van der Waals surface area contributed by atoms with E-state index in [0.717, 1.165) is 10.2 Å². The number of fused-ring (bicyclic) bond motifs is 1. The molecule has 0 unspecified atom stereocenters. The Morgan fingerprint density at radius 2 is 1.85 bits per heavy atom. The van der Waals surface area contributed by atoms with Gasteiger partial charge in [-0.15, -0.1) is 0 Å². The first kappa shape index (κ1) is 13.5. The van der Waals surface area contributed by atoms with Crippen LogP contribution in [0.4, 0.5) is 4.39 Å². The third-order valence-corrected chi connectivity index (χ3v) is 5.70. The molecule has 0 saturated heterocycles. The van der Waals surface area contributed by atoms with Crippen LogP contribution in [0.1, 0.15) is 0 Å². The van der Waals surface area contributed by atoms with Crippen molar-refractivity contribution in [1.29, 1.82) is 0 Å². The van der Waals surface area contributed by atoms with Crippen LogP contribution in [-0.2, 0) is 10.0 Å². The van der Waals surface area contributed by atoms with E-state index in [4.69, 9.17) is 0 Å². The number of nitrogens with zero attached hydrogens (tertiary/aromatic N) is 2. The lowest BCUT2D eigenvalue weighted by molar-refractivity contribution is 0.584. The maximum absolute atomic E-state index is 14.0. The fourth-order valence-corrected chi connectivity index (χ4v) is 4.77. The molecule has 4 nitrogen and oxygen atoms in total. The van der Waals surface area contributed by atoms with E-state index in [-0.39, 0.29) is 10.4 Å². The van der Waals surface area contributed by atoms with Gasteiger partial charge in [0.2, 0.25) is 0 Å². The van der Waals surface area contributed by atoms with Crippen molar-refractivity contribution in [2.24, 2.45) is 0 Å². The van der Waals surface area contributed by atoms with Crippen LogP contribution in [0.15, 0.2) is 53.7 Å². The Labute approximate surface area is 128 Å². The molecule has 0 atom stereocenters. The van der Waals surface area contributed by atoms with E-state index in [1.54, 1.807) is 24.3 Å². The molecule has 2 heterocycles. The van der Waals surface area contributed by atoms with Crippen LogP contribution in [0.25, 0.3) is 10.9 Å². The highest BCUT2D eigenvalue weighted by Crippen LogP contribution is 2.27. The fraction of sp³-hybridized carbons (Fsp3) is 0. The van der Waals surface area contributed by atoms with Gasteiger partial charge in [0.15, 0.2) is 5.82 Å². The first-order valence-corrected chi connectivity index (χ1v) is 8.15. The molecule has 7 heteroatoms. The number of pyridine rings is 1. The van der Waals surface area contributed by atoms with Crippen LogP contribution < -0.4 is 0 Å². The second kappa shape index (κ2) is 4.81. The first-order valence-electron chi connectivity index (χ1n) is 5.63. The highest BCUT2D eigenvalue weighted by molar-refractivity contribution is 14.1. The lowest BCUT2D eigenvalue weighted by Gasteiger charge is -2.09. The molecule has 0 aliphatic rings. The monoisotopic (exact) mass is 402 g/mol. The summed E-state index contributed by atoms with van der Waals surface area (Å²) < 4.78 is 40.7. The van der Waals surface area contributed by atoms with Gasteiger partial charge in [-0.1, -0.05) is 18.2 Å². The number of halogens is 2. The maximum atomic E-state index is 14.0. The Balaban J connectivity index is 2.38. The summed E-state index contributed by atoms with van der Waals surface area (Å²) in [7, 11) is -3.83. The van der Waals surface area contributed by atoms with E-state index < -0.39 is 15.8 Å². The number of hydrogen-bond acceptors (Lipinski definition) is 3. The highest BCUT2D eigenvalue weighted by Gasteiger charge is 2.23. The Morgan fingerprint density at radius 1 is 1.15 bits per heavy atom. The molecule has 0 fully saturated rings. The Kier molecular flexibility index (Phi) is 3.25. The predicted molar refractivity (Wildman–Crippen MR) is 81.4 cm³/mol. The third kappa shape index (κ3) is 2.01. The summed E-state index contributed by atoms with van der Waals surface area (Å²) in [5, 5.41) is 0.453. The average Bonchev–Trinajstić information content (AvgIpc) is 2.78. The van der Waals surface area contributed by atoms with E-state index >= 15 is 0 Å². The van der Waals surface area contributed by atoms with Gasteiger partial charge in [-0.3, -0.25) is 4.98 Å². The summed E-state index contributed by atoms with van der Waals surface area (Å²) in [6, 6.07) is 9.54. The van der Waals surface area contributed by atoms with Crippen molar-refractivity contribution >= 4 is 43.5 Å². The minimum absolute atomic E-state index is 0.0215. The number of benzene rings is 1. The predicted octanol–water partition coefficient (Wildman–Crippen LogP) is 3.02. The molecule has 1 aromatic carbocycles. The quantitative estimate of drug-likeness (QED) is 0.620. The molecular formula is C13H8FIN2O2S. The second-order valence-corrected chi connectivity index (χ2v) is 7.00. The summed E-state index contributed by atoms with van der Waals surface area (Å²) >= 11 is 1.87. The third-order valence-electron chi connectivity index (χ3n) is 2.85. The van der Waals surface area contributed by atoms with Crippen molar-refractivity contribution in [2.75, 3.05) is 0 Å². The van der Waals surface area contributed by atoms with E-state index in [1.165, 1.54) is 18.3 Å². The van der Waals surface area contributed by atoms with Crippen LogP contribution in [0.3, 0.4) is 0 Å². The van der Waals surface area contributed by atoms with Crippen LogP contribution in [-0.4, -0.2) is 17.4 Å². The average molecular weight is 402 g/mol. The van der Waals surface area contributed by atoms with Crippen LogP contribution in [0.5, 0.6) is 0 Å². The first-order chi connectivity index (χ1) is 9.51. The molecule has 0 aliphatic heterocycles. The summed E-state index contributed by atoms with van der Waals surface area (Å²) in [6.07, 6.45) is 2.45. The Bertz CT molecular complexity index is 891. The van der Waals surface area contributed by atoms with E-state index in [2.05, 4.69) is 4.98 Å². The number of aromatic nitrogens is 2. The zero-order valence-corrected chi connectivity index (χ0v) is 13.0. The van der Waals surface area contributed by atoms with Gasteiger partial charge in [0.05, 0.1) is 14.8 Å². The lowest BCUT2D eigenvalue weighted by atomic mass is 10.3. The van der Waals surface area contributed by atoms with Gasteiger partial charge in [-0.2, -0.15) is 0 Å². The molecular weight excluding hydrogens is 394 g/mol. The second-order valence-electron chi connectivity index (χ2n) is 4.11. The van der Waals surface area contributed by atoms with Gasteiger partial charge in [0, 0.05) is 11.6 Å². The zero-order valence-electron chi connectivity index (χ0n) is 9.99. The zero-order chi connectivity index (χ0) is 14.3. The van der Waals surface area contributed by atoms with Gasteiger partial charge in [-0.25, -0.2) is 16.8 Å². The molecule has 0 radical (unpaired) electrons. The van der Waals surface area contributed by atoms with Crippen molar-refractivity contribution in [3.63, 3.8) is 0 Å². The van der Waals surface area contributed by atoms with Crippen molar-refractivity contribution in [2.45, 2.75) is 4.90 Å². The van der Waals surface area contributed by atoms with Crippen LogP contribution >= 0.6 is 22.6 Å². The molecule has 0 amide bonds. The molecule has 0 spiro atoms. The van der Waals surface area contributed by atoms with E-state index in [1.807, 2.05) is 22.6 Å². The minimum atomic E-state index is -3.83. The number of hydrogen-bond donors (Lipinski definition) is 0. The van der Waals surface area contributed by atoms with E-state index in [0.29, 0.717) is 9.09 Å². The lowest BCUT2D eigenvalue weighted by Crippen LogP contribution is -2.14. The Morgan fingerprint density at radius 3 is 2.55 bits per heavy atom. The van der Waals surface area contributed by atoms with Gasteiger partial charge in [0.1, 0.15) is 5.52 Å². The number of rotatable bonds is 2. The van der Waals surface area contributed by atoms with Crippen LogP contribution in [0.2, 0.25) is 0 Å². The summed E-state index contributed by atoms with van der Waals surface area (Å²) in [6.45, 7) is 0. The van der Waals surface area contributed by atoms with Gasteiger partial charge >= 0.3 is 0 Å². The van der Waals surface area contributed by atoms with Crippen molar-refractivity contribution in [3.05, 3.63) is 58.3 Å². The van der Waals surface area contributed by atoms with Crippen molar-refractivity contribution in [1.82, 2.24) is 8.96 Å². The normalized spacial score (nSPS) is 11.9. The SMILES string of the molecule is O=S(=O)(c1ccccc1)n1c(I)cc2cncc(F)c21. The molecule has 0 N–H and O–H groups in total. The molecule has 0 aliphatic carbocycles. The van der Waals surface area contributed by atoms with Crippen molar-refractivity contribution in [3.8, 4) is 0 Å². The minimum Gasteiger partial charge on any atom is -0.261 e. The molecule has 0 saturated carbocycles.